The normalized spacial score (nSPS) is 19.7. The predicted molar refractivity (Wildman–Crippen MR) is 85.6 cm³/mol. The molecule has 23 heavy (non-hydrogen) atoms. The largest absolute Gasteiger partial charge is 0.347 e. The standard InChI is InChI=1S/C14H15ClN4O3S/c1-9-13(14(20)16-11-5-6-23(21,22)8-11)17-18-19(9)12-4-2-3-10(15)7-12/h2-4,7,11H,5-6,8H2,1H3,(H,16,20). The van der Waals surface area contributed by atoms with Crippen LogP contribution in [0.15, 0.2) is 24.3 Å². The van der Waals surface area contributed by atoms with E-state index in [4.69, 9.17) is 11.6 Å². The van der Waals surface area contributed by atoms with E-state index in [9.17, 15) is 13.2 Å². The molecule has 1 aliphatic heterocycles. The minimum atomic E-state index is -3.05. The summed E-state index contributed by atoms with van der Waals surface area (Å²) in [6.45, 7) is 1.72. The fourth-order valence-corrected chi connectivity index (χ4v) is 4.41. The van der Waals surface area contributed by atoms with E-state index >= 15 is 0 Å². The summed E-state index contributed by atoms with van der Waals surface area (Å²) in [5.41, 5.74) is 1.44. The molecule has 1 aromatic carbocycles. The Hall–Kier alpha value is -1.93. The van der Waals surface area contributed by atoms with Crippen molar-refractivity contribution in [2.45, 2.75) is 19.4 Å². The van der Waals surface area contributed by atoms with Crippen molar-refractivity contribution in [2.24, 2.45) is 0 Å². The first-order valence-electron chi connectivity index (χ1n) is 7.05. The van der Waals surface area contributed by atoms with Gasteiger partial charge in [-0.05, 0) is 31.5 Å². The topological polar surface area (TPSA) is 93.9 Å². The summed E-state index contributed by atoms with van der Waals surface area (Å²) < 4.78 is 24.4. The van der Waals surface area contributed by atoms with Gasteiger partial charge >= 0.3 is 0 Å². The Morgan fingerprint density at radius 3 is 2.87 bits per heavy atom. The van der Waals surface area contributed by atoms with Gasteiger partial charge in [0, 0.05) is 11.1 Å². The van der Waals surface area contributed by atoms with E-state index in [1.165, 1.54) is 4.68 Å². The van der Waals surface area contributed by atoms with Crippen LogP contribution in [0.1, 0.15) is 22.6 Å². The van der Waals surface area contributed by atoms with Gasteiger partial charge in [0.25, 0.3) is 5.91 Å². The number of hydrogen-bond acceptors (Lipinski definition) is 5. The third-order valence-electron chi connectivity index (χ3n) is 3.73. The monoisotopic (exact) mass is 354 g/mol. The molecule has 7 nitrogen and oxygen atoms in total. The SMILES string of the molecule is Cc1c(C(=O)NC2CCS(=O)(=O)C2)nnn1-c1cccc(Cl)c1. The third-order valence-corrected chi connectivity index (χ3v) is 5.73. The van der Waals surface area contributed by atoms with Crippen LogP contribution >= 0.6 is 11.6 Å². The quantitative estimate of drug-likeness (QED) is 0.892. The lowest BCUT2D eigenvalue weighted by Gasteiger charge is -2.09. The van der Waals surface area contributed by atoms with Gasteiger partial charge in [-0.25, -0.2) is 13.1 Å². The number of hydrogen-bond donors (Lipinski definition) is 1. The van der Waals surface area contributed by atoms with E-state index in [-0.39, 0.29) is 23.2 Å². The summed E-state index contributed by atoms with van der Waals surface area (Å²) in [4.78, 5) is 12.3. The number of carbonyl (C=O) groups is 1. The highest BCUT2D eigenvalue weighted by molar-refractivity contribution is 7.91. The molecule has 0 radical (unpaired) electrons. The number of nitrogens with one attached hydrogen (secondary N) is 1. The molecule has 1 saturated heterocycles. The molecule has 0 aliphatic carbocycles. The Bertz CT molecular complexity index is 863. The first kappa shape index (κ1) is 15.9. The number of sulfone groups is 1. The average molecular weight is 355 g/mol. The zero-order chi connectivity index (χ0) is 16.6. The van der Waals surface area contributed by atoms with Crippen LogP contribution in [0.25, 0.3) is 5.69 Å². The molecule has 0 saturated carbocycles. The minimum absolute atomic E-state index is 0.0276. The van der Waals surface area contributed by atoms with Gasteiger partial charge < -0.3 is 5.32 Å². The molecule has 1 aromatic heterocycles. The van der Waals surface area contributed by atoms with Crippen LogP contribution in [0, 0.1) is 6.92 Å². The lowest BCUT2D eigenvalue weighted by molar-refractivity contribution is 0.0935. The molecule has 9 heteroatoms. The zero-order valence-corrected chi connectivity index (χ0v) is 13.9. The second-order valence-corrected chi connectivity index (χ2v) is 8.15. The van der Waals surface area contributed by atoms with Crippen LogP contribution < -0.4 is 5.32 Å². The van der Waals surface area contributed by atoms with E-state index in [1.54, 1.807) is 31.2 Å². The second-order valence-electron chi connectivity index (χ2n) is 5.49. The summed E-state index contributed by atoms with van der Waals surface area (Å²) >= 11 is 5.96. The summed E-state index contributed by atoms with van der Waals surface area (Å²) in [7, 11) is -3.05. The van der Waals surface area contributed by atoms with Crippen LogP contribution in [-0.2, 0) is 9.84 Å². The molecular weight excluding hydrogens is 340 g/mol. The van der Waals surface area contributed by atoms with Gasteiger partial charge in [-0.1, -0.05) is 22.9 Å². The molecule has 1 N–H and O–H groups in total. The van der Waals surface area contributed by atoms with Crippen LogP contribution in [0.2, 0.25) is 5.02 Å². The second kappa shape index (κ2) is 5.93. The van der Waals surface area contributed by atoms with E-state index in [1.807, 2.05) is 0 Å². The lowest BCUT2D eigenvalue weighted by atomic mass is 10.2. The molecular formula is C14H15ClN4O3S. The van der Waals surface area contributed by atoms with Crippen molar-refractivity contribution in [3.05, 3.63) is 40.7 Å². The third kappa shape index (κ3) is 3.37. The highest BCUT2D eigenvalue weighted by Gasteiger charge is 2.30. The van der Waals surface area contributed by atoms with Crippen LogP contribution in [0.5, 0.6) is 0 Å². The maximum atomic E-state index is 12.3. The van der Waals surface area contributed by atoms with Crippen LogP contribution in [0.3, 0.4) is 0 Å². The molecule has 1 unspecified atom stereocenters. The highest BCUT2D eigenvalue weighted by atomic mass is 35.5. The van der Waals surface area contributed by atoms with Crippen molar-refractivity contribution in [3.8, 4) is 5.69 Å². The molecule has 1 atom stereocenters. The summed E-state index contributed by atoms with van der Waals surface area (Å²) in [6.07, 6.45) is 0.426. The molecule has 0 bridgehead atoms. The van der Waals surface area contributed by atoms with E-state index in [0.29, 0.717) is 22.8 Å². The van der Waals surface area contributed by atoms with Gasteiger partial charge in [-0.3, -0.25) is 4.79 Å². The molecule has 3 rings (SSSR count). The molecule has 0 spiro atoms. The summed E-state index contributed by atoms with van der Waals surface area (Å²) in [5.74, 6) is -0.343. The van der Waals surface area contributed by atoms with Crippen molar-refractivity contribution < 1.29 is 13.2 Å². The molecule has 2 heterocycles. The number of carbonyl (C=O) groups excluding carboxylic acids is 1. The van der Waals surface area contributed by atoms with Gasteiger partial charge in [0.15, 0.2) is 15.5 Å². The Balaban J connectivity index is 1.80. The van der Waals surface area contributed by atoms with Crippen molar-refractivity contribution in [3.63, 3.8) is 0 Å². The number of amides is 1. The predicted octanol–water partition coefficient (Wildman–Crippen LogP) is 1.15. The molecule has 1 fully saturated rings. The van der Waals surface area contributed by atoms with Crippen molar-refractivity contribution >= 4 is 27.3 Å². The van der Waals surface area contributed by atoms with Crippen molar-refractivity contribution in [1.82, 2.24) is 20.3 Å². The Kier molecular flexibility index (Phi) is 4.11. The first-order valence-corrected chi connectivity index (χ1v) is 9.25. The number of rotatable bonds is 3. The van der Waals surface area contributed by atoms with Gasteiger partial charge in [-0.2, -0.15) is 0 Å². The number of benzene rings is 1. The van der Waals surface area contributed by atoms with Crippen LogP contribution in [0.4, 0.5) is 0 Å². The van der Waals surface area contributed by atoms with Crippen molar-refractivity contribution in [2.75, 3.05) is 11.5 Å². The lowest BCUT2D eigenvalue weighted by Crippen LogP contribution is -2.36. The molecule has 122 valence electrons. The average Bonchev–Trinajstić information content (AvgIpc) is 3.01. The summed E-state index contributed by atoms with van der Waals surface area (Å²) in [5, 5.41) is 11.2. The molecule has 1 amide bonds. The van der Waals surface area contributed by atoms with Crippen molar-refractivity contribution in [1.29, 1.82) is 0 Å². The van der Waals surface area contributed by atoms with E-state index in [2.05, 4.69) is 15.6 Å². The summed E-state index contributed by atoms with van der Waals surface area (Å²) in [6, 6.07) is 6.67. The number of nitrogens with zero attached hydrogens (tertiary/aromatic N) is 3. The molecule has 1 aliphatic rings. The van der Waals surface area contributed by atoms with Gasteiger partial charge in [-0.15, -0.1) is 5.10 Å². The Morgan fingerprint density at radius 1 is 1.43 bits per heavy atom. The first-order chi connectivity index (χ1) is 10.9. The fraction of sp³-hybridized carbons (Fsp3) is 0.357. The van der Waals surface area contributed by atoms with Gasteiger partial charge in [0.05, 0.1) is 22.9 Å². The fourth-order valence-electron chi connectivity index (χ4n) is 2.55. The molecule has 2 aromatic rings. The minimum Gasteiger partial charge on any atom is -0.347 e. The van der Waals surface area contributed by atoms with E-state index in [0.717, 1.165) is 0 Å². The number of aromatic nitrogens is 3. The Labute approximate surface area is 138 Å². The maximum absolute atomic E-state index is 12.3. The van der Waals surface area contributed by atoms with Gasteiger partial charge in [0.2, 0.25) is 0 Å². The Morgan fingerprint density at radius 2 is 2.22 bits per heavy atom. The zero-order valence-electron chi connectivity index (χ0n) is 12.4. The maximum Gasteiger partial charge on any atom is 0.274 e. The number of halogens is 1. The smallest absolute Gasteiger partial charge is 0.274 e. The van der Waals surface area contributed by atoms with E-state index < -0.39 is 15.7 Å². The van der Waals surface area contributed by atoms with Gasteiger partial charge in [0.1, 0.15) is 0 Å². The van der Waals surface area contributed by atoms with Crippen LogP contribution in [-0.4, -0.2) is 46.9 Å². The highest BCUT2D eigenvalue weighted by Crippen LogP contribution is 2.17.